The quantitative estimate of drug-likeness (QED) is 0.588. The average molecular weight is 159 g/mol. The van der Waals surface area contributed by atoms with Gasteiger partial charge in [0.15, 0.2) is 0 Å². The van der Waals surface area contributed by atoms with Crippen molar-refractivity contribution in [3.63, 3.8) is 0 Å². The van der Waals surface area contributed by atoms with Gasteiger partial charge in [0.25, 0.3) is 0 Å². The van der Waals surface area contributed by atoms with Gasteiger partial charge in [0, 0.05) is 5.71 Å². The molecule has 2 rings (SSSR count). The second-order valence-electron chi connectivity index (χ2n) is 3.36. The zero-order valence-corrected chi connectivity index (χ0v) is 7.33. The Labute approximate surface area is 73.1 Å². The summed E-state index contributed by atoms with van der Waals surface area (Å²) in [6, 6.07) is 10.2. The molecule has 0 N–H and O–H groups in total. The third kappa shape index (κ3) is 1.73. The van der Waals surface area contributed by atoms with Crippen LogP contribution in [0.3, 0.4) is 0 Å². The molecule has 1 aliphatic carbocycles. The van der Waals surface area contributed by atoms with Crippen molar-refractivity contribution < 1.29 is 0 Å². The molecule has 1 fully saturated rings. The smallest absolute Gasteiger partial charge is 0.0629 e. The van der Waals surface area contributed by atoms with Gasteiger partial charge in [0.2, 0.25) is 0 Å². The Morgan fingerprint density at radius 1 is 1.25 bits per heavy atom. The second kappa shape index (κ2) is 3.10. The first-order valence-corrected chi connectivity index (χ1v) is 4.46. The number of benzene rings is 1. The molecule has 0 bridgehead atoms. The molecule has 1 aliphatic rings. The van der Waals surface area contributed by atoms with E-state index < -0.39 is 0 Å². The van der Waals surface area contributed by atoms with Crippen LogP contribution in [0.4, 0.5) is 5.69 Å². The van der Waals surface area contributed by atoms with Crippen molar-refractivity contribution in [2.24, 2.45) is 10.9 Å². The van der Waals surface area contributed by atoms with Crippen LogP contribution in [0, 0.1) is 5.92 Å². The number of aliphatic imine (C=N–C) groups is 1. The van der Waals surface area contributed by atoms with E-state index in [0.29, 0.717) is 0 Å². The molecule has 0 aliphatic heterocycles. The zero-order valence-electron chi connectivity index (χ0n) is 7.33. The van der Waals surface area contributed by atoms with E-state index in [1.54, 1.807) is 0 Å². The molecule has 0 saturated heterocycles. The predicted octanol–water partition coefficient (Wildman–Crippen LogP) is 3.19. The highest BCUT2D eigenvalue weighted by Gasteiger charge is 2.24. The van der Waals surface area contributed by atoms with Crippen LogP contribution in [0.1, 0.15) is 19.8 Å². The maximum Gasteiger partial charge on any atom is 0.0629 e. The Bertz CT molecular complexity index is 283. The largest absolute Gasteiger partial charge is 0.258 e. The SMILES string of the molecule is C/C(=N/c1ccccc1)C1CC1. The summed E-state index contributed by atoms with van der Waals surface area (Å²) in [4.78, 5) is 4.54. The van der Waals surface area contributed by atoms with Crippen LogP contribution in [0.5, 0.6) is 0 Å². The summed E-state index contributed by atoms with van der Waals surface area (Å²) in [6.07, 6.45) is 2.67. The third-order valence-corrected chi connectivity index (χ3v) is 2.23. The van der Waals surface area contributed by atoms with Crippen LogP contribution in [0.2, 0.25) is 0 Å². The van der Waals surface area contributed by atoms with Gasteiger partial charge in [0.05, 0.1) is 5.69 Å². The van der Waals surface area contributed by atoms with Crippen LogP contribution in [0.15, 0.2) is 35.3 Å². The van der Waals surface area contributed by atoms with Gasteiger partial charge in [-0.15, -0.1) is 0 Å². The Morgan fingerprint density at radius 2 is 1.92 bits per heavy atom. The molecule has 12 heavy (non-hydrogen) atoms. The molecule has 0 unspecified atom stereocenters. The average Bonchev–Trinajstić information content (AvgIpc) is 2.88. The summed E-state index contributed by atoms with van der Waals surface area (Å²) in [7, 11) is 0. The van der Waals surface area contributed by atoms with Gasteiger partial charge >= 0.3 is 0 Å². The number of para-hydroxylation sites is 1. The standard InChI is InChI=1S/C11H13N/c1-9(10-7-8-10)12-11-5-3-2-4-6-11/h2-6,10H,7-8H2,1H3/b12-9-. The monoisotopic (exact) mass is 159 g/mol. The maximum atomic E-state index is 4.54. The summed E-state index contributed by atoms with van der Waals surface area (Å²) >= 11 is 0. The minimum atomic E-state index is 0.783. The van der Waals surface area contributed by atoms with E-state index >= 15 is 0 Å². The highest BCUT2D eigenvalue weighted by Crippen LogP contribution is 2.31. The third-order valence-electron chi connectivity index (χ3n) is 2.23. The van der Waals surface area contributed by atoms with Crippen molar-refractivity contribution in [3.05, 3.63) is 30.3 Å². The van der Waals surface area contributed by atoms with Gasteiger partial charge in [-0.05, 0) is 37.8 Å². The fraction of sp³-hybridized carbons (Fsp3) is 0.364. The molecule has 0 aromatic heterocycles. The molecule has 1 saturated carbocycles. The molecule has 0 radical (unpaired) electrons. The van der Waals surface area contributed by atoms with Gasteiger partial charge in [-0.25, -0.2) is 0 Å². The maximum absolute atomic E-state index is 4.54. The minimum absolute atomic E-state index is 0.783. The van der Waals surface area contributed by atoms with Crippen molar-refractivity contribution in [1.29, 1.82) is 0 Å². The molecular formula is C11H13N. The van der Waals surface area contributed by atoms with Gasteiger partial charge in [-0.1, -0.05) is 18.2 Å². The van der Waals surface area contributed by atoms with Crippen molar-refractivity contribution >= 4 is 11.4 Å². The fourth-order valence-corrected chi connectivity index (χ4v) is 1.30. The van der Waals surface area contributed by atoms with Gasteiger partial charge in [-0.3, -0.25) is 4.99 Å². The first-order chi connectivity index (χ1) is 5.86. The van der Waals surface area contributed by atoms with E-state index in [9.17, 15) is 0 Å². The molecule has 0 heterocycles. The number of hydrogen-bond acceptors (Lipinski definition) is 1. The molecule has 62 valence electrons. The lowest BCUT2D eigenvalue weighted by molar-refractivity contribution is 1.17. The van der Waals surface area contributed by atoms with Gasteiger partial charge in [0.1, 0.15) is 0 Å². The van der Waals surface area contributed by atoms with Crippen LogP contribution >= 0.6 is 0 Å². The van der Waals surface area contributed by atoms with Crippen molar-refractivity contribution in [2.75, 3.05) is 0 Å². The molecule has 1 heteroatoms. The van der Waals surface area contributed by atoms with Crippen LogP contribution in [0.25, 0.3) is 0 Å². The Kier molecular flexibility index (Phi) is 1.94. The lowest BCUT2D eigenvalue weighted by Gasteiger charge is -1.96. The Morgan fingerprint density at radius 3 is 2.50 bits per heavy atom. The summed E-state index contributed by atoms with van der Waals surface area (Å²) in [6.45, 7) is 2.13. The molecule has 0 spiro atoms. The highest BCUT2D eigenvalue weighted by atomic mass is 14.8. The topological polar surface area (TPSA) is 12.4 Å². The first-order valence-electron chi connectivity index (χ1n) is 4.46. The Balaban J connectivity index is 2.15. The van der Waals surface area contributed by atoms with Gasteiger partial charge in [-0.2, -0.15) is 0 Å². The molecule has 1 aromatic rings. The van der Waals surface area contributed by atoms with Gasteiger partial charge < -0.3 is 0 Å². The molecular weight excluding hydrogens is 146 g/mol. The lowest BCUT2D eigenvalue weighted by Crippen LogP contribution is -1.91. The number of hydrogen-bond donors (Lipinski definition) is 0. The summed E-state index contributed by atoms with van der Waals surface area (Å²) in [5, 5.41) is 0. The predicted molar refractivity (Wildman–Crippen MR) is 51.9 cm³/mol. The van der Waals surface area contributed by atoms with E-state index in [2.05, 4.69) is 11.9 Å². The van der Waals surface area contributed by atoms with Crippen molar-refractivity contribution in [2.45, 2.75) is 19.8 Å². The zero-order chi connectivity index (χ0) is 8.39. The van der Waals surface area contributed by atoms with E-state index in [0.717, 1.165) is 11.6 Å². The fourth-order valence-electron chi connectivity index (χ4n) is 1.30. The molecule has 0 atom stereocenters. The molecule has 1 nitrogen and oxygen atoms in total. The van der Waals surface area contributed by atoms with Crippen LogP contribution in [-0.2, 0) is 0 Å². The normalized spacial score (nSPS) is 17.9. The van der Waals surface area contributed by atoms with Crippen LogP contribution in [-0.4, -0.2) is 5.71 Å². The van der Waals surface area contributed by atoms with Crippen LogP contribution < -0.4 is 0 Å². The second-order valence-corrected chi connectivity index (χ2v) is 3.36. The Hall–Kier alpha value is -1.11. The summed E-state index contributed by atoms with van der Waals surface area (Å²) in [5.74, 6) is 0.783. The molecule has 0 amide bonds. The number of rotatable bonds is 2. The van der Waals surface area contributed by atoms with Crippen molar-refractivity contribution in [3.8, 4) is 0 Å². The minimum Gasteiger partial charge on any atom is -0.258 e. The van der Waals surface area contributed by atoms with E-state index in [1.807, 2.05) is 30.3 Å². The first kappa shape index (κ1) is 7.53. The lowest BCUT2D eigenvalue weighted by atomic mass is 10.2. The van der Waals surface area contributed by atoms with Crippen molar-refractivity contribution in [1.82, 2.24) is 0 Å². The molecule has 1 aromatic carbocycles. The van der Waals surface area contributed by atoms with E-state index in [-0.39, 0.29) is 0 Å². The van der Waals surface area contributed by atoms with E-state index in [4.69, 9.17) is 0 Å². The number of nitrogens with zero attached hydrogens (tertiary/aromatic N) is 1. The summed E-state index contributed by atoms with van der Waals surface area (Å²) in [5.41, 5.74) is 2.38. The van der Waals surface area contributed by atoms with E-state index in [1.165, 1.54) is 18.6 Å². The highest BCUT2D eigenvalue weighted by molar-refractivity contribution is 5.88. The summed E-state index contributed by atoms with van der Waals surface area (Å²) < 4.78 is 0.